The monoisotopic (exact) mass is 474 g/mol. The van der Waals surface area contributed by atoms with Crippen molar-refractivity contribution in [2.75, 3.05) is 5.32 Å². The van der Waals surface area contributed by atoms with Crippen molar-refractivity contribution in [2.24, 2.45) is 5.73 Å². The molecule has 2 rings (SSSR count). The molecule has 0 saturated heterocycles. The third kappa shape index (κ3) is 4.64. The first-order valence-electron chi connectivity index (χ1n) is 6.22. The number of amides is 1. The number of anilines is 1. The molecule has 0 aromatic heterocycles. The average molecular weight is 477 g/mol. The van der Waals surface area contributed by atoms with Crippen LogP contribution >= 0.6 is 47.8 Å². The molecule has 21 heavy (non-hydrogen) atoms. The maximum Gasteiger partial charge on any atom is 0.241 e. The fourth-order valence-corrected chi connectivity index (χ4v) is 4.30. The Hall–Kier alpha value is -0.690. The minimum Gasteiger partial charge on any atom is -0.323 e. The topological polar surface area (TPSA) is 55.1 Å². The molecular formula is C15H13Br3N2O. The summed E-state index contributed by atoms with van der Waals surface area (Å²) >= 11 is 10.2. The molecule has 6 heteroatoms. The quantitative estimate of drug-likeness (QED) is 0.683. The van der Waals surface area contributed by atoms with Gasteiger partial charge in [0.25, 0.3) is 0 Å². The average Bonchev–Trinajstić information content (AvgIpc) is 2.43. The fraction of sp³-hybridized carbons (Fsp3) is 0.133. The predicted molar refractivity (Wildman–Crippen MR) is 96.3 cm³/mol. The number of benzene rings is 2. The van der Waals surface area contributed by atoms with Gasteiger partial charge in [0.2, 0.25) is 5.91 Å². The third-order valence-electron chi connectivity index (χ3n) is 2.89. The van der Waals surface area contributed by atoms with Crippen molar-refractivity contribution in [3.63, 3.8) is 0 Å². The molecule has 0 heterocycles. The Morgan fingerprint density at radius 3 is 2.24 bits per heavy atom. The van der Waals surface area contributed by atoms with Crippen molar-refractivity contribution in [2.45, 2.75) is 12.5 Å². The maximum atomic E-state index is 12.2. The number of halogens is 3. The van der Waals surface area contributed by atoms with Crippen LogP contribution in [0.25, 0.3) is 0 Å². The summed E-state index contributed by atoms with van der Waals surface area (Å²) in [6, 6.07) is 12.8. The number of hydrogen-bond acceptors (Lipinski definition) is 2. The fourth-order valence-electron chi connectivity index (χ4n) is 1.84. The molecule has 2 aromatic rings. The highest BCUT2D eigenvalue weighted by Gasteiger charge is 2.17. The van der Waals surface area contributed by atoms with Gasteiger partial charge in [-0.25, -0.2) is 0 Å². The highest BCUT2D eigenvalue weighted by atomic mass is 79.9. The van der Waals surface area contributed by atoms with Crippen LogP contribution in [0.15, 0.2) is 55.9 Å². The van der Waals surface area contributed by atoms with E-state index >= 15 is 0 Å². The van der Waals surface area contributed by atoms with Crippen LogP contribution in [-0.4, -0.2) is 11.9 Å². The molecule has 0 unspecified atom stereocenters. The van der Waals surface area contributed by atoms with E-state index in [1.54, 1.807) is 0 Å². The number of nitrogens with two attached hydrogens (primary N) is 1. The summed E-state index contributed by atoms with van der Waals surface area (Å²) in [4.78, 5) is 12.2. The predicted octanol–water partition coefficient (Wildman–Crippen LogP) is 4.48. The zero-order chi connectivity index (χ0) is 15.4. The Morgan fingerprint density at radius 1 is 1.10 bits per heavy atom. The van der Waals surface area contributed by atoms with Crippen molar-refractivity contribution in [1.29, 1.82) is 0 Å². The number of rotatable bonds is 4. The maximum absolute atomic E-state index is 12.2. The minimum atomic E-state index is -0.602. The normalized spacial score (nSPS) is 12.0. The summed E-state index contributed by atoms with van der Waals surface area (Å²) in [7, 11) is 0. The standard InChI is InChI=1S/C15H13Br3N2O/c16-10-7-11(17)14(12(18)8-10)20-15(21)13(19)6-9-4-2-1-3-5-9/h1-5,7-8,13H,6,19H2,(H,20,21)/t13-/m0/s1. The van der Waals surface area contributed by atoms with Gasteiger partial charge in [0.15, 0.2) is 0 Å². The number of carbonyl (C=O) groups excluding carboxylic acids is 1. The molecule has 0 fully saturated rings. The Bertz CT molecular complexity index is 624. The van der Waals surface area contributed by atoms with E-state index in [4.69, 9.17) is 5.73 Å². The largest absolute Gasteiger partial charge is 0.323 e. The van der Waals surface area contributed by atoms with Crippen molar-refractivity contribution < 1.29 is 4.79 Å². The lowest BCUT2D eigenvalue weighted by Gasteiger charge is -2.15. The van der Waals surface area contributed by atoms with E-state index in [2.05, 4.69) is 53.1 Å². The van der Waals surface area contributed by atoms with Crippen LogP contribution in [0, 0.1) is 0 Å². The van der Waals surface area contributed by atoms with Gasteiger partial charge in [0.1, 0.15) is 0 Å². The summed E-state index contributed by atoms with van der Waals surface area (Å²) in [6.45, 7) is 0. The second-order valence-corrected chi connectivity index (χ2v) is 7.15. The van der Waals surface area contributed by atoms with E-state index in [1.165, 1.54) is 0 Å². The molecule has 3 N–H and O–H groups in total. The Labute approximate surface area is 148 Å². The lowest BCUT2D eigenvalue weighted by molar-refractivity contribution is -0.117. The van der Waals surface area contributed by atoms with E-state index in [9.17, 15) is 4.79 Å². The Kier molecular flexibility index (Phi) is 5.98. The van der Waals surface area contributed by atoms with Gasteiger partial charge in [-0.2, -0.15) is 0 Å². The van der Waals surface area contributed by atoms with E-state index in [0.717, 1.165) is 19.0 Å². The highest BCUT2D eigenvalue weighted by Crippen LogP contribution is 2.34. The lowest BCUT2D eigenvalue weighted by Crippen LogP contribution is -2.37. The van der Waals surface area contributed by atoms with Crippen LogP contribution in [0.5, 0.6) is 0 Å². The summed E-state index contributed by atoms with van der Waals surface area (Å²) in [6.07, 6.45) is 0.498. The van der Waals surface area contributed by atoms with Gasteiger partial charge in [0, 0.05) is 13.4 Å². The van der Waals surface area contributed by atoms with E-state index in [1.807, 2.05) is 42.5 Å². The highest BCUT2D eigenvalue weighted by molar-refractivity contribution is 9.11. The van der Waals surface area contributed by atoms with Crippen LogP contribution in [0.4, 0.5) is 5.69 Å². The summed E-state index contributed by atoms with van der Waals surface area (Å²) in [5.41, 5.74) is 7.68. The van der Waals surface area contributed by atoms with Crippen LogP contribution in [0.3, 0.4) is 0 Å². The van der Waals surface area contributed by atoms with Gasteiger partial charge < -0.3 is 11.1 Å². The van der Waals surface area contributed by atoms with Gasteiger partial charge in [-0.1, -0.05) is 46.3 Å². The third-order valence-corrected chi connectivity index (χ3v) is 4.60. The molecule has 0 spiro atoms. The molecule has 1 atom stereocenters. The van der Waals surface area contributed by atoms with Gasteiger partial charge in [-0.15, -0.1) is 0 Å². The van der Waals surface area contributed by atoms with Crippen molar-refractivity contribution in [3.05, 3.63) is 61.4 Å². The van der Waals surface area contributed by atoms with Crippen LogP contribution in [0.1, 0.15) is 5.56 Å². The summed E-state index contributed by atoms with van der Waals surface area (Å²) in [5.74, 6) is -0.220. The molecule has 0 aliphatic heterocycles. The van der Waals surface area contributed by atoms with Crippen molar-refractivity contribution >= 4 is 59.4 Å². The lowest BCUT2D eigenvalue weighted by atomic mass is 10.1. The molecule has 110 valence electrons. The molecule has 2 aromatic carbocycles. The molecule has 0 saturated carbocycles. The van der Waals surface area contributed by atoms with Crippen molar-refractivity contribution in [3.8, 4) is 0 Å². The molecule has 0 aliphatic carbocycles. The minimum absolute atomic E-state index is 0.220. The van der Waals surface area contributed by atoms with E-state index in [-0.39, 0.29) is 5.91 Å². The van der Waals surface area contributed by atoms with Crippen molar-refractivity contribution in [1.82, 2.24) is 0 Å². The summed E-state index contributed by atoms with van der Waals surface area (Å²) < 4.78 is 2.47. The molecule has 1 amide bonds. The Balaban J connectivity index is 2.08. The second-order valence-electron chi connectivity index (χ2n) is 4.53. The van der Waals surface area contributed by atoms with E-state index < -0.39 is 6.04 Å². The molecule has 0 radical (unpaired) electrons. The second kappa shape index (κ2) is 7.54. The SMILES string of the molecule is N[C@@H](Cc1ccccc1)C(=O)Nc1c(Br)cc(Br)cc1Br. The number of carbonyl (C=O) groups is 1. The molecule has 3 nitrogen and oxygen atoms in total. The van der Waals surface area contributed by atoms with Gasteiger partial charge in [0.05, 0.1) is 11.7 Å². The first-order chi connectivity index (χ1) is 9.97. The first-order valence-corrected chi connectivity index (χ1v) is 8.60. The van der Waals surface area contributed by atoms with Gasteiger partial charge >= 0.3 is 0 Å². The smallest absolute Gasteiger partial charge is 0.241 e. The van der Waals surface area contributed by atoms with E-state index in [0.29, 0.717) is 12.1 Å². The van der Waals surface area contributed by atoms with Crippen LogP contribution in [-0.2, 0) is 11.2 Å². The van der Waals surface area contributed by atoms with Crippen LogP contribution in [0.2, 0.25) is 0 Å². The molecular weight excluding hydrogens is 464 g/mol. The van der Waals surface area contributed by atoms with Crippen LogP contribution < -0.4 is 11.1 Å². The molecule has 0 aliphatic rings. The first kappa shape index (κ1) is 16.7. The zero-order valence-electron chi connectivity index (χ0n) is 10.9. The van der Waals surface area contributed by atoms with Gasteiger partial charge in [-0.05, 0) is 56.0 Å². The molecule has 0 bridgehead atoms. The zero-order valence-corrected chi connectivity index (χ0v) is 15.7. The number of hydrogen-bond donors (Lipinski definition) is 2. The van der Waals surface area contributed by atoms with Gasteiger partial charge in [-0.3, -0.25) is 4.79 Å². The number of nitrogens with one attached hydrogen (secondary N) is 1. The summed E-state index contributed by atoms with van der Waals surface area (Å²) in [5, 5.41) is 2.85. The Morgan fingerprint density at radius 2 is 1.67 bits per heavy atom.